The number of benzene rings is 1. The van der Waals surface area contributed by atoms with Gasteiger partial charge in [0.25, 0.3) is 5.91 Å². The van der Waals surface area contributed by atoms with Gasteiger partial charge in [-0.25, -0.2) is 0 Å². The van der Waals surface area contributed by atoms with Crippen LogP contribution in [0.2, 0.25) is 0 Å². The van der Waals surface area contributed by atoms with Gasteiger partial charge in [-0.1, -0.05) is 19.9 Å². The Hall–Kier alpha value is -1.77. The predicted octanol–water partition coefficient (Wildman–Crippen LogP) is 4.46. The van der Waals surface area contributed by atoms with Crippen LogP contribution in [0.4, 0.5) is 0 Å². The largest absolute Gasteiger partial charge is 0.347 e. The highest BCUT2D eigenvalue weighted by Gasteiger charge is 2.38. The topological polar surface area (TPSA) is 34.0 Å². The lowest BCUT2D eigenvalue weighted by Gasteiger charge is -2.14. The van der Waals surface area contributed by atoms with Gasteiger partial charge in [-0.05, 0) is 62.6 Å². The summed E-state index contributed by atoms with van der Waals surface area (Å²) in [6, 6.07) is 8.35. The van der Waals surface area contributed by atoms with Crippen LogP contribution in [0.25, 0.3) is 10.9 Å². The van der Waals surface area contributed by atoms with E-state index in [1.807, 2.05) is 12.1 Å². The molecule has 1 aromatic heterocycles. The van der Waals surface area contributed by atoms with Crippen LogP contribution in [0, 0.1) is 0 Å². The maximum atomic E-state index is 12.4. The molecule has 1 amide bonds. The molecular weight excluding hydrogens is 272 g/mol. The average molecular weight is 298 g/mol. The highest BCUT2D eigenvalue weighted by Crippen LogP contribution is 2.35. The summed E-state index contributed by atoms with van der Waals surface area (Å²) < 4.78 is 2.35. The fourth-order valence-corrected chi connectivity index (χ4v) is 3.05. The molecule has 0 spiro atoms. The van der Waals surface area contributed by atoms with E-state index >= 15 is 0 Å². The van der Waals surface area contributed by atoms with Crippen LogP contribution in [0.3, 0.4) is 0 Å². The minimum atomic E-state index is 0.0284. The van der Waals surface area contributed by atoms with Gasteiger partial charge >= 0.3 is 0 Å². The Balaban J connectivity index is 1.99. The SMILES string of the molecule is CCC(C)c1cc2ccc(C(=O)NC3(C)CC3)cc2n1CC. The maximum absolute atomic E-state index is 12.4. The Morgan fingerprint density at radius 3 is 2.64 bits per heavy atom. The molecule has 118 valence electrons. The van der Waals surface area contributed by atoms with Crippen molar-refractivity contribution >= 4 is 16.8 Å². The molecule has 2 aromatic rings. The molecule has 0 bridgehead atoms. The fraction of sp³-hybridized carbons (Fsp3) is 0.526. The number of hydrogen-bond donors (Lipinski definition) is 1. The van der Waals surface area contributed by atoms with Crippen molar-refractivity contribution in [2.45, 2.75) is 65.0 Å². The second-order valence-electron chi connectivity index (χ2n) is 6.91. The highest BCUT2D eigenvalue weighted by molar-refractivity contribution is 5.98. The Labute approximate surface area is 132 Å². The summed E-state index contributed by atoms with van der Waals surface area (Å²) in [6.07, 6.45) is 3.30. The molecule has 1 fully saturated rings. The monoisotopic (exact) mass is 298 g/mol. The number of aromatic nitrogens is 1. The smallest absolute Gasteiger partial charge is 0.251 e. The number of nitrogens with zero attached hydrogens (tertiary/aromatic N) is 1. The molecule has 1 unspecified atom stereocenters. The molecule has 3 rings (SSSR count). The number of carbonyl (C=O) groups excluding carboxylic acids is 1. The Bertz CT molecular complexity index is 710. The summed E-state index contributed by atoms with van der Waals surface area (Å²) >= 11 is 0. The zero-order valence-electron chi connectivity index (χ0n) is 14.1. The van der Waals surface area contributed by atoms with Gasteiger partial charge < -0.3 is 9.88 Å². The van der Waals surface area contributed by atoms with Crippen molar-refractivity contribution in [1.82, 2.24) is 9.88 Å². The van der Waals surface area contributed by atoms with Gasteiger partial charge in [0, 0.05) is 28.9 Å². The molecule has 1 aliphatic rings. The van der Waals surface area contributed by atoms with Gasteiger partial charge in [-0.2, -0.15) is 0 Å². The van der Waals surface area contributed by atoms with Crippen LogP contribution in [0.15, 0.2) is 24.3 Å². The summed E-state index contributed by atoms with van der Waals surface area (Å²) in [4.78, 5) is 12.4. The number of carbonyl (C=O) groups is 1. The van der Waals surface area contributed by atoms with E-state index < -0.39 is 0 Å². The second-order valence-corrected chi connectivity index (χ2v) is 6.91. The van der Waals surface area contributed by atoms with E-state index in [2.05, 4.69) is 49.7 Å². The fourth-order valence-electron chi connectivity index (χ4n) is 3.05. The third-order valence-corrected chi connectivity index (χ3v) is 5.05. The Kier molecular flexibility index (Phi) is 3.75. The molecular formula is C19H26N2O. The van der Waals surface area contributed by atoms with E-state index in [0.717, 1.165) is 31.4 Å². The maximum Gasteiger partial charge on any atom is 0.251 e. The van der Waals surface area contributed by atoms with Crippen molar-refractivity contribution in [1.29, 1.82) is 0 Å². The summed E-state index contributed by atoms with van der Waals surface area (Å²) in [5, 5.41) is 4.37. The lowest BCUT2D eigenvalue weighted by molar-refractivity contribution is 0.0935. The third-order valence-electron chi connectivity index (χ3n) is 5.05. The van der Waals surface area contributed by atoms with Gasteiger partial charge in [0.15, 0.2) is 0 Å². The van der Waals surface area contributed by atoms with Crippen LogP contribution < -0.4 is 5.32 Å². The molecule has 0 aliphatic heterocycles. The number of nitrogens with one attached hydrogen (secondary N) is 1. The van der Waals surface area contributed by atoms with Crippen LogP contribution in [-0.2, 0) is 6.54 Å². The number of aryl methyl sites for hydroxylation is 1. The lowest BCUT2D eigenvalue weighted by atomic mass is 10.1. The van der Waals surface area contributed by atoms with E-state index in [9.17, 15) is 4.79 Å². The van der Waals surface area contributed by atoms with Crippen molar-refractivity contribution in [2.24, 2.45) is 0 Å². The number of hydrogen-bond acceptors (Lipinski definition) is 1. The van der Waals surface area contributed by atoms with Crippen molar-refractivity contribution < 1.29 is 4.79 Å². The quantitative estimate of drug-likeness (QED) is 0.869. The molecule has 1 aromatic carbocycles. The van der Waals surface area contributed by atoms with Crippen molar-refractivity contribution in [2.75, 3.05) is 0 Å². The van der Waals surface area contributed by atoms with Gasteiger partial charge in [0.05, 0.1) is 0 Å². The summed E-state index contributed by atoms with van der Waals surface area (Å²) in [5.41, 5.74) is 3.34. The molecule has 1 N–H and O–H groups in total. The van der Waals surface area contributed by atoms with Gasteiger partial charge in [0.1, 0.15) is 0 Å². The molecule has 1 saturated carbocycles. The first-order valence-electron chi connectivity index (χ1n) is 8.43. The summed E-state index contributed by atoms with van der Waals surface area (Å²) in [6.45, 7) is 9.70. The molecule has 3 heteroatoms. The first-order valence-corrected chi connectivity index (χ1v) is 8.43. The van der Waals surface area contributed by atoms with Crippen molar-refractivity contribution in [3.63, 3.8) is 0 Å². The van der Waals surface area contributed by atoms with Crippen LogP contribution in [-0.4, -0.2) is 16.0 Å². The lowest BCUT2D eigenvalue weighted by Crippen LogP contribution is -2.34. The van der Waals surface area contributed by atoms with Crippen LogP contribution in [0.5, 0.6) is 0 Å². The minimum Gasteiger partial charge on any atom is -0.347 e. The van der Waals surface area contributed by atoms with Crippen molar-refractivity contribution in [3.05, 3.63) is 35.5 Å². The summed E-state index contributed by atoms with van der Waals surface area (Å²) in [7, 11) is 0. The summed E-state index contributed by atoms with van der Waals surface area (Å²) in [5.74, 6) is 0.589. The van der Waals surface area contributed by atoms with Crippen LogP contribution >= 0.6 is 0 Å². The zero-order valence-corrected chi connectivity index (χ0v) is 14.1. The van der Waals surface area contributed by atoms with E-state index in [0.29, 0.717) is 5.92 Å². The number of fused-ring (bicyclic) bond motifs is 1. The van der Waals surface area contributed by atoms with E-state index in [-0.39, 0.29) is 11.4 Å². The second kappa shape index (κ2) is 5.45. The zero-order chi connectivity index (χ0) is 15.9. The molecule has 0 saturated heterocycles. The normalized spacial score (nSPS) is 17.5. The first-order chi connectivity index (χ1) is 10.5. The van der Waals surface area contributed by atoms with Gasteiger partial charge in [-0.3, -0.25) is 4.79 Å². The number of rotatable bonds is 5. The minimum absolute atomic E-state index is 0.0284. The Morgan fingerprint density at radius 2 is 2.05 bits per heavy atom. The van der Waals surface area contributed by atoms with E-state index in [1.165, 1.54) is 16.6 Å². The number of amides is 1. The van der Waals surface area contributed by atoms with Crippen LogP contribution in [0.1, 0.15) is 68.9 Å². The molecule has 3 nitrogen and oxygen atoms in total. The van der Waals surface area contributed by atoms with E-state index in [1.54, 1.807) is 0 Å². The van der Waals surface area contributed by atoms with Gasteiger partial charge in [-0.15, -0.1) is 0 Å². The van der Waals surface area contributed by atoms with Crippen molar-refractivity contribution in [3.8, 4) is 0 Å². The van der Waals surface area contributed by atoms with Gasteiger partial charge in [0.2, 0.25) is 0 Å². The first kappa shape index (κ1) is 15.1. The third kappa shape index (κ3) is 2.65. The molecule has 22 heavy (non-hydrogen) atoms. The molecule has 1 aliphatic carbocycles. The predicted molar refractivity (Wildman–Crippen MR) is 91.4 cm³/mol. The standard InChI is InChI=1S/C19H26N2O/c1-5-13(3)16-11-14-7-8-15(12-17(14)21(16)6-2)18(22)20-19(4)9-10-19/h7-8,11-13H,5-6,9-10H2,1-4H3,(H,20,22). The molecule has 1 atom stereocenters. The average Bonchev–Trinajstić information content (AvgIpc) is 3.12. The highest BCUT2D eigenvalue weighted by atomic mass is 16.1. The molecule has 1 heterocycles. The van der Waals surface area contributed by atoms with E-state index in [4.69, 9.17) is 0 Å². The Morgan fingerprint density at radius 1 is 1.32 bits per heavy atom. The molecule has 0 radical (unpaired) electrons.